The second-order valence-corrected chi connectivity index (χ2v) is 6.63. The van der Waals surface area contributed by atoms with Crippen molar-refractivity contribution in [2.45, 2.75) is 89.5 Å². The molecule has 0 amide bonds. The van der Waals surface area contributed by atoms with Gasteiger partial charge in [0.15, 0.2) is 0 Å². The molecule has 0 bridgehead atoms. The number of isocyanates is 1. The number of rotatable bonds is 4. The van der Waals surface area contributed by atoms with Crippen molar-refractivity contribution in [3.05, 3.63) is 0 Å². The summed E-state index contributed by atoms with van der Waals surface area (Å²) in [5.74, 6) is 1.47. The highest BCUT2D eigenvalue weighted by molar-refractivity contribution is 5.33. The van der Waals surface area contributed by atoms with Crippen LogP contribution >= 0.6 is 0 Å². The Morgan fingerprint density at radius 1 is 0.842 bits per heavy atom. The Kier molecular flexibility index (Phi) is 6.64. The molecule has 0 radical (unpaired) electrons. The Bertz CT molecular complexity index is 280. The average Bonchev–Trinajstić information content (AvgIpc) is 2.82. The lowest BCUT2D eigenvalue weighted by molar-refractivity contribution is 0.298. The van der Waals surface area contributed by atoms with Crippen molar-refractivity contribution >= 4 is 6.08 Å². The smallest absolute Gasteiger partial charge is 0.211 e. The maximum atomic E-state index is 10.8. The van der Waals surface area contributed by atoms with Gasteiger partial charge in [-0.3, -0.25) is 0 Å². The summed E-state index contributed by atoms with van der Waals surface area (Å²) in [6.45, 7) is 0. The van der Waals surface area contributed by atoms with Gasteiger partial charge in [0.1, 0.15) is 0 Å². The average molecular weight is 263 g/mol. The molecule has 2 fully saturated rings. The molecule has 1 unspecified atom stereocenters. The number of nitrogens with zero attached hydrogens (tertiary/aromatic N) is 1. The molecule has 108 valence electrons. The van der Waals surface area contributed by atoms with Gasteiger partial charge in [0.2, 0.25) is 6.08 Å². The molecule has 0 aromatic carbocycles. The van der Waals surface area contributed by atoms with Crippen LogP contribution in [0.3, 0.4) is 0 Å². The normalized spacial score (nSPS) is 25.1. The predicted molar refractivity (Wildman–Crippen MR) is 78.9 cm³/mol. The number of hydrogen-bond acceptors (Lipinski definition) is 2. The molecular formula is C17H29NO. The molecule has 19 heavy (non-hydrogen) atoms. The lowest BCUT2D eigenvalue weighted by atomic mass is 9.83. The third-order valence-electron chi connectivity index (χ3n) is 5.21. The third-order valence-corrected chi connectivity index (χ3v) is 5.21. The highest BCUT2D eigenvalue weighted by Crippen LogP contribution is 2.33. The first kappa shape index (κ1) is 14.8. The van der Waals surface area contributed by atoms with E-state index >= 15 is 0 Å². The van der Waals surface area contributed by atoms with Crippen molar-refractivity contribution in [1.82, 2.24) is 0 Å². The minimum atomic E-state index is 0.277. The highest BCUT2D eigenvalue weighted by atomic mass is 16.1. The van der Waals surface area contributed by atoms with Gasteiger partial charge in [-0.2, -0.15) is 0 Å². The van der Waals surface area contributed by atoms with E-state index in [2.05, 4.69) is 4.99 Å². The monoisotopic (exact) mass is 263 g/mol. The summed E-state index contributed by atoms with van der Waals surface area (Å²) in [6, 6.07) is 0.277. The topological polar surface area (TPSA) is 29.4 Å². The van der Waals surface area contributed by atoms with Gasteiger partial charge in [-0.05, 0) is 31.1 Å². The van der Waals surface area contributed by atoms with Gasteiger partial charge in [0, 0.05) is 0 Å². The maximum Gasteiger partial charge on any atom is 0.235 e. The Hall–Kier alpha value is -0.620. The Labute approximate surface area is 118 Å². The molecule has 0 spiro atoms. The van der Waals surface area contributed by atoms with E-state index in [0.29, 0.717) is 5.92 Å². The van der Waals surface area contributed by atoms with Crippen molar-refractivity contribution < 1.29 is 4.79 Å². The van der Waals surface area contributed by atoms with Crippen LogP contribution in [0.15, 0.2) is 4.99 Å². The third kappa shape index (κ3) is 5.10. The quantitative estimate of drug-likeness (QED) is 0.398. The molecule has 0 heterocycles. The predicted octanol–water partition coefficient (Wildman–Crippen LogP) is 5.02. The van der Waals surface area contributed by atoms with Crippen LogP contribution in [0.25, 0.3) is 0 Å². The first-order valence-corrected chi connectivity index (χ1v) is 8.47. The summed E-state index contributed by atoms with van der Waals surface area (Å²) < 4.78 is 0. The molecular weight excluding hydrogens is 234 g/mol. The van der Waals surface area contributed by atoms with Crippen LogP contribution in [0, 0.1) is 11.8 Å². The minimum Gasteiger partial charge on any atom is -0.211 e. The van der Waals surface area contributed by atoms with Gasteiger partial charge in [0.05, 0.1) is 6.04 Å². The maximum absolute atomic E-state index is 10.8. The van der Waals surface area contributed by atoms with Crippen LogP contribution in [-0.2, 0) is 4.79 Å². The zero-order chi connectivity index (χ0) is 13.3. The number of aliphatic imine (C=N–C) groups is 1. The fraction of sp³-hybridized carbons (Fsp3) is 0.941. The second-order valence-electron chi connectivity index (χ2n) is 6.63. The van der Waals surface area contributed by atoms with Crippen molar-refractivity contribution in [2.24, 2.45) is 16.8 Å². The van der Waals surface area contributed by atoms with Gasteiger partial charge in [-0.1, -0.05) is 64.2 Å². The Morgan fingerprint density at radius 3 is 1.89 bits per heavy atom. The van der Waals surface area contributed by atoms with Crippen LogP contribution in [-0.4, -0.2) is 12.1 Å². The summed E-state index contributed by atoms with van der Waals surface area (Å²) in [5.41, 5.74) is 0. The lowest BCUT2D eigenvalue weighted by Gasteiger charge is -2.25. The zero-order valence-electron chi connectivity index (χ0n) is 12.3. The van der Waals surface area contributed by atoms with E-state index in [9.17, 15) is 4.79 Å². The van der Waals surface area contributed by atoms with E-state index in [1.165, 1.54) is 77.0 Å². The van der Waals surface area contributed by atoms with E-state index in [-0.39, 0.29) is 6.04 Å². The molecule has 0 aromatic rings. The molecule has 2 aliphatic rings. The molecule has 2 rings (SSSR count). The second kappa shape index (κ2) is 8.53. The van der Waals surface area contributed by atoms with Crippen LogP contribution in [0.5, 0.6) is 0 Å². The van der Waals surface area contributed by atoms with Gasteiger partial charge >= 0.3 is 0 Å². The fourth-order valence-electron chi connectivity index (χ4n) is 4.06. The molecule has 2 heteroatoms. The zero-order valence-corrected chi connectivity index (χ0v) is 12.3. The largest absolute Gasteiger partial charge is 0.235 e. The number of carbonyl (C=O) groups excluding carboxylic acids is 1. The first-order chi connectivity index (χ1) is 9.40. The van der Waals surface area contributed by atoms with E-state index in [0.717, 1.165) is 12.3 Å². The van der Waals surface area contributed by atoms with Crippen LogP contribution < -0.4 is 0 Å². The summed E-state index contributed by atoms with van der Waals surface area (Å²) in [6.07, 6.45) is 19.3. The van der Waals surface area contributed by atoms with Crippen molar-refractivity contribution in [3.8, 4) is 0 Å². The highest BCUT2D eigenvalue weighted by Gasteiger charge is 2.25. The summed E-state index contributed by atoms with van der Waals surface area (Å²) in [7, 11) is 0. The van der Waals surface area contributed by atoms with E-state index < -0.39 is 0 Å². The van der Waals surface area contributed by atoms with Gasteiger partial charge in [0.25, 0.3) is 0 Å². The lowest BCUT2D eigenvalue weighted by Crippen LogP contribution is -2.22. The SMILES string of the molecule is O=C=NC(CC1CCCCCC1)C1CCCCCC1. The minimum absolute atomic E-state index is 0.277. The molecule has 0 N–H and O–H groups in total. The van der Waals surface area contributed by atoms with Crippen molar-refractivity contribution in [2.75, 3.05) is 0 Å². The fourth-order valence-corrected chi connectivity index (χ4v) is 4.06. The molecule has 1 atom stereocenters. The summed E-state index contributed by atoms with van der Waals surface area (Å²) in [4.78, 5) is 15.0. The summed E-state index contributed by atoms with van der Waals surface area (Å²) in [5, 5.41) is 0. The molecule has 2 aliphatic carbocycles. The van der Waals surface area contributed by atoms with Crippen LogP contribution in [0.2, 0.25) is 0 Å². The Balaban J connectivity index is 1.91. The molecule has 0 aromatic heterocycles. The van der Waals surface area contributed by atoms with Crippen LogP contribution in [0.1, 0.15) is 83.5 Å². The first-order valence-electron chi connectivity index (χ1n) is 8.47. The molecule has 2 saturated carbocycles. The molecule has 0 aliphatic heterocycles. The van der Waals surface area contributed by atoms with Gasteiger partial charge < -0.3 is 0 Å². The van der Waals surface area contributed by atoms with Crippen LogP contribution in [0.4, 0.5) is 0 Å². The van der Waals surface area contributed by atoms with E-state index in [1.54, 1.807) is 0 Å². The molecule has 0 saturated heterocycles. The van der Waals surface area contributed by atoms with Crippen molar-refractivity contribution in [1.29, 1.82) is 0 Å². The van der Waals surface area contributed by atoms with E-state index in [4.69, 9.17) is 0 Å². The Morgan fingerprint density at radius 2 is 1.37 bits per heavy atom. The van der Waals surface area contributed by atoms with E-state index in [1.807, 2.05) is 6.08 Å². The molecule has 2 nitrogen and oxygen atoms in total. The number of hydrogen-bond donors (Lipinski definition) is 0. The standard InChI is InChI=1S/C17H29NO/c19-14-18-17(16-11-7-3-4-8-12-16)13-15-9-5-1-2-6-10-15/h15-17H,1-13H2. The van der Waals surface area contributed by atoms with Gasteiger partial charge in [-0.15, -0.1) is 0 Å². The van der Waals surface area contributed by atoms with Gasteiger partial charge in [-0.25, -0.2) is 9.79 Å². The summed E-state index contributed by atoms with van der Waals surface area (Å²) >= 11 is 0. The van der Waals surface area contributed by atoms with Crippen molar-refractivity contribution in [3.63, 3.8) is 0 Å².